The van der Waals surface area contributed by atoms with E-state index in [4.69, 9.17) is 0 Å². The van der Waals surface area contributed by atoms with Gasteiger partial charge in [-0.25, -0.2) is 0 Å². The van der Waals surface area contributed by atoms with Gasteiger partial charge in [-0.3, -0.25) is 0 Å². The molecule has 0 spiro atoms. The van der Waals surface area contributed by atoms with Gasteiger partial charge in [0.2, 0.25) is 0 Å². The first-order chi connectivity index (χ1) is 25.8. The molecule has 0 saturated heterocycles. The highest BCUT2D eigenvalue weighted by Gasteiger charge is 2.20. The Morgan fingerprint density at radius 2 is 0.712 bits per heavy atom. The molecule has 0 fully saturated rings. The number of benzene rings is 11. The van der Waals surface area contributed by atoms with Crippen LogP contribution >= 0.6 is 0 Å². The highest BCUT2D eigenvalue weighted by molar-refractivity contribution is 6.26. The molecule has 0 heterocycles. The van der Waals surface area contributed by atoms with E-state index in [1.54, 1.807) is 0 Å². The highest BCUT2D eigenvalue weighted by atomic mass is 14.2. The normalized spacial score (nSPS) is 11.8. The quantitative estimate of drug-likeness (QED) is 0.131. The van der Waals surface area contributed by atoms with Crippen LogP contribution in [0.1, 0.15) is 0 Å². The van der Waals surface area contributed by atoms with E-state index < -0.39 is 0 Å². The molecule has 0 N–H and O–H groups in total. The maximum atomic E-state index is 2.39. The zero-order chi connectivity index (χ0) is 34.2. The molecule has 0 aliphatic carbocycles. The molecule has 0 unspecified atom stereocenters. The summed E-state index contributed by atoms with van der Waals surface area (Å²) in [5.41, 5.74) is 10.1. The molecular weight excluding hydrogens is 625 g/mol. The van der Waals surface area contributed by atoms with Crippen LogP contribution in [0.15, 0.2) is 194 Å². The monoisotopic (exact) mass is 656 g/mol. The molecule has 0 aliphatic heterocycles. The summed E-state index contributed by atoms with van der Waals surface area (Å²) < 4.78 is 0. The average Bonchev–Trinajstić information content (AvgIpc) is 3.22. The van der Waals surface area contributed by atoms with Crippen LogP contribution in [0.2, 0.25) is 0 Å². The van der Waals surface area contributed by atoms with Crippen LogP contribution in [-0.2, 0) is 0 Å². The third kappa shape index (κ3) is 4.28. The predicted molar refractivity (Wildman–Crippen MR) is 224 cm³/mol. The van der Waals surface area contributed by atoms with Crippen molar-refractivity contribution in [2.24, 2.45) is 0 Å². The van der Waals surface area contributed by atoms with Crippen LogP contribution in [-0.4, -0.2) is 0 Å². The molecule has 240 valence electrons. The Bertz CT molecular complexity index is 3090. The van der Waals surface area contributed by atoms with Crippen LogP contribution < -0.4 is 0 Å². The van der Waals surface area contributed by atoms with E-state index in [-0.39, 0.29) is 0 Å². The van der Waals surface area contributed by atoms with Crippen LogP contribution in [0.25, 0.3) is 109 Å². The molecular formula is C52H32. The molecule has 0 atom stereocenters. The number of rotatable bonds is 4. The van der Waals surface area contributed by atoms with Crippen molar-refractivity contribution in [2.45, 2.75) is 0 Å². The molecule has 0 saturated carbocycles. The fourth-order valence-electron chi connectivity index (χ4n) is 8.94. The van der Waals surface area contributed by atoms with Crippen molar-refractivity contribution in [3.8, 4) is 44.5 Å². The summed E-state index contributed by atoms with van der Waals surface area (Å²) >= 11 is 0. The molecule has 52 heavy (non-hydrogen) atoms. The first-order valence-electron chi connectivity index (χ1n) is 18.1. The molecule has 0 amide bonds. The van der Waals surface area contributed by atoms with Crippen molar-refractivity contribution < 1.29 is 0 Å². The van der Waals surface area contributed by atoms with Crippen LogP contribution in [0.5, 0.6) is 0 Å². The van der Waals surface area contributed by atoms with Crippen molar-refractivity contribution in [2.75, 3.05) is 0 Å². The van der Waals surface area contributed by atoms with Gasteiger partial charge in [0.05, 0.1) is 0 Å². The maximum absolute atomic E-state index is 2.39. The lowest BCUT2D eigenvalue weighted by Crippen LogP contribution is -1.93. The van der Waals surface area contributed by atoms with Gasteiger partial charge in [0.25, 0.3) is 0 Å². The van der Waals surface area contributed by atoms with E-state index in [0.29, 0.717) is 0 Å². The summed E-state index contributed by atoms with van der Waals surface area (Å²) in [6, 6.07) is 71.8. The van der Waals surface area contributed by atoms with Gasteiger partial charge in [0, 0.05) is 0 Å². The Morgan fingerprint density at radius 1 is 0.212 bits per heavy atom. The van der Waals surface area contributed by atoms with E-state index in [1.165, 1.54) is 109 Å². The van der Waals surface area contributed by atoms with Crippen molar-refractivity contribution in [1.82, 2.24) is 0 Å². The first kappa shape index (κ1) is 29.0. The van der Waals surface area contributed by atoms with E-state index >= 15 is 0 Å². The van der Waals surface area contributed by atoms with Gasteiger partial charge in [-0.1, -0.05) is 188 Å². The molecule has 0 aromatic heterocycles. The fraction of sp³-hybridized carbons (Fsp3) is 0. The van der Waals surface area contributed by atoms with Gasteiger partial charge >= 0.3 is 0 Å². The summed E-state index contributed by atoms with van der Waals surface area (Å²) in [6.45, 7) is 0. The van der Waals surface area contributed by atoms with Crippen molar-refractivity contribution >= 4 is 64.6 Å². The Kier molecular flexibility index (Phi) is 6.35. The Hall–Kier alpha value is -6.76. The van der Waals surface area contributed by atoms with E-state index in [9.17, 15) is 0 Å². The maximum Gasteiger partial charge on any atom is -0.00201 e. The minimum absolute atomic E-state index is 1.23. The van der Waals surface area contributed by atoms with Gasteiger partial charge in [-0.2, -0.15) is 0 Å². The van der Waals surface area contributed by atoms with Gasteiger partial charge in [0.15, 0.2) is 0 Å². The first-order valence-corrected chi connectivity index (χ1v) is 18.1. The average molecular weight is 657 g/mol. The topological polar surface area (TPSA) is 0 Å². The SMILES string of the molecule is c1ccc(-c2ccccc2-c2c3ccccc3c(-c3cccc4cc(-c5ccc6ccc7cccc8ccc5c6c78)ccc34)c3ccccc23)cc1. The number of hydrogen-bond donors (Lipinski definition) is 0. The molecule has 11 aromatic rings. The second kappa shape index (κ2) is 11.4. The Balaban J connectivity index is 1.15. The third-order valence-electron chi connectivity index (χ3n) is 11.2. The van der Waals surface area contributed by atoms with Gasteiger partial charge in [-0.15, -0.1) is 0 Å². The lowest BCUT2D eigenvalue weighted by molar-refractivity contribution is 1.61. The largest absolute Gasteiger partial charge is 0.0622 e. The second-order valence-corrected chi connectivity index (χ2v) is 14.0. The second-order valence-electron chi connectivity index (χ2n) is 14.0. The highest BCUT2D eigenvalue weighted by Crippen LogP contribution is 2.48. The number of hydrogen-bond acceptors (Lipinski definition) is 0. The molecule has 0 bridgehead atoms. The standard InChI is InChI=1S/C52H32/c1-2-12-33(13-3-1)39-17-4-5-18-42(39)51-44-19-6-8-21-46(44)52(47-22-9-7-20-45(47)51)43-23-11-16-37-32-38(28-30-40(37)43)41-29-26-36-25-24-34-14-10-15-35-27-31-48(41)50(36)49(34)35/h1-32H. The molecule has 11 aromatic carbocycles. The van der Waals surface area contributed by atoms with E-state index in [0.717, 1.165) is 0 Å². The molecule has 11 rings (SSSR count). The van der Waals surface area contributed by atoms with E-state index in [1.807, 2.05) is 0 Å². The predicted octanol–water partition coefficient (Wildman–Crippen LogP) is 14.7. The van der Waals surface area contributed by atoms with Crippen LogP contribution in [0, 0.1) is 0 Å². The minimum atomic E-state index is 1.23. The van der Waals surface area contributed by atoms with Crippen molar-refractivity contribution in [1.29, 1.82) is 0 Å². The summed E-state index contributed by atoms with van der Waals surface area (Å²) in [5.74, 6) is 0. The zero-order valence-electron chi connectivity index (χ0n) is 28.5. The Morgan fingerprint density at radius 3 is 1.42 bits per heavy atom. The number of fused-ring (bicyclic) bond motifs is 3. The zero-order valence-corrected chi connectivity index (χ0v) is 28.5. The molecule has 0 heteroatoms. The summed E-state index contributed by atoms with van der Waals surface area (Å²) in [7, 11) is 0. The summed E-state index contributed by atoms with van der Waals surface area (Å²) in [6.07, 6.45) is 0. The smallest absolute Gasteiger partial charge is 0.00201 e. The summed E-state index contributed by atoms with van der Waals surface area (Å²) in [5, 5.41) is 15.5. The lowest BCUT2D eigenvalue weighted by atomic mass is 9.83. The molecule has 0 nitrogen and oxygen atoms in total. The Labute approximate surface area is 302 Å². The minimum Gasteiger partial charge on any atom is -0.0622 e. The fourth-order valence-corrected chi connectivity index (χ4v) is 8.94. The van der Waals surface area contributed by atoms with Crippen LogP contribution in [0.3, 0.4) is 0 Å². The molecule has 0 aliphatic rings. The van der Waals surface area contributed by atoms with Crippen molar-refractivity contribution in [3.63, 3.8) is 0 Å². The van der Waals surface area contributed by atoms with Crippen molar-refractivity contribution in [3.05, 3.63) is 194 Å². The molecule has 0 radical (unpaired) electrons. The van der Waals surface area contributed by atoms with Gasteiger partial charge in [-0.05, 0) is 115 Å². The summed E-state index contributed by atoms with van der Waals surface area (Å²) in [4.78, 5) is 0. The van der Waals surface area contributed by atoms with Crippen LogP contribution in [0.4, 0.5) is 0 Å². The van der Waals surface area contributed by atoms with Gasteiger partial charge in [0.1, 0.15) is 0 Å². The van der Waals surface area contributed by atoms with Gasteiger partial charge < -0.3 is 0 Å². The van der Waals surface area contributed by atoms with E-state index in [2.05, 4.69) is 194 Å². The third-order valence-corrected chi connectivity index (χ3v) is 11.2. The lowest BCUT2D eigenvalue weighted by Gasteiger charge is -2.20.